The highest BCUT2D eigenvalue weighted by Gasteiger charge is 2.54. The van der Waals surface area contributed by atoms with Gasteiger partial charge in [0.05, 0.1) is 0 Å². The van der Waals surface area contributed by atoms with Gasteiger partial charge < -0.3 is 5.32 Å². The minimum atomic E-state index is 0.819. The van der Waals surface area contributed by atoms with Crippen molar-refractivity contribution in [2.24, 2.45) is 53.3 Å². The van der Waals surface area contributed by atoms with Gasteiger partial charge in [-0.05, 0) is 111 Å². The second-order valence-electron chi connectivity index (χ2n) is 11.2. The van der Waals surface area contributed by atoms with Crippen LogP contribution >= 0.6 is 0 Å². The lowest BCUT2D eigenvalue weighted by Crippen LogP contribution is -2.45. The van der Waals surface area contributed by atoms with Gasteiger partial charge in [0.25, 0.3) is 0 Å². The molecule has 0 radical (unpaired) electrons. The van der Waals surface area contributed by atoms with Crippen molar-refractivity contribution in [3.63, 3.8) is 0 Å². The zero-order valence-electron chi connectivity index (χ0n) is 17.5. The summed E-state index contributed by atoms with van der Waals surface area (Å²) < 4.78 is 0. The number of nitrogens with one attached hydrogen (secondary N) is 1. The first-order valence-electron chi connectivity index (χ1n) is 12.5. The largest absolute Gasteiger partial charge is 0.314 e. The second-order valence-corrected chi connectivity index (χ2v) is 11.2. The van der Waals surface area contributed by atoms with Crippen molar-refractivity contribution in [3.05, 3.63) is 0 Å². The Kier molecular flexibility index (Phi) is 5.14. The summed E-state index contributed by atoms with van der Waals surface area (Å²) in [5, 5.41) is 3.88. The van der Waals surface area contributed by atoms with Crippen LogP contribution in [0.25, 0.3) is 0 Å². The van der Waals surface area contributed by atoms with E-state index in [0.29, 0.717) is 0 Å². The predicted molar refractivity (Wildman–Crippen MR) is 110 cm³/mol. The molecule has 1 aliphatic heterocycles. The summed E-state index contributed by atoms with van der Waals surface area (Å²) in [6.07, 6.45) is 18.5. The minimum absolute atomic E-state index is 0.819. The van der Waals surface area contributed by atoms with Crippen molar-refractivity contribution in [3.8, 4) is 0 Å². The highest BCUT2D eigenvalue weighted by molar-refractivity contribution is 5.03. The van der Waals surface area contributed by atoms with Gasteiger partial charge in [-0.3, -0.25) is 0 Å². The number of hydrogen-bond acceptors (Lipinski definition) is 1. The molecule has 1 heteroatoms. The summed E-state index contributed by atoms with van der Waals surface area (Å²) in [4.78, 5) is 0. The lowest BCUT2D eigenvalue weighted by Gasteiger charge is -2.46. The standard InChI is InChI=1S/C25H43N/c1-16-19(17(2)25-9-5-6-14-26-25)12-13-21-22-11-10-18-7-3-4-8-20(18)24(22)15-23(16)21/h16-26H,3-15H2,1-2H3/t16-,17-,18?,19?,20?,21?,22?,23?,24?,25+/m0/s1. The molecule has 10 atom stereocenters. The number of piperidine rings is 1. The maximum absolute atomic E-state index is 3.88. The first-order valence-corrected chi connectivity index (χ1v) is 12.5. The van der Waals surface area contributed by atoms with Gasteiger partial charge >= 0.3 is 0 Å². The molecule has 5 aliphatic rings. The van der Waals surface area contributed by atoms with Crippen LogP contribution in [0.15, 0.2) is 0 Å². The Labute approximate surface area is 162 Å². The molecule has 1 nitrogen and oxygen atoms in total. The topological polar surface area (TPSA) is 12.0 Å². The van der Waals surface area contributed by atoms with Crippen LogP contribution in [0, 0.1) is 53.3 Å². The molecular weight excluding hydrogens is 314 g/mol. The normalized spacial score (nSPS) is 52.6. The average Bonchev–Trinajstić information content (AvgIpc) is 3.09. The predicted octanol–water partition coefficient (Wildman–Crippen LogP) is 6.28. The summed E-state index contributed by atoms with van der Waals surface area (Å²) >= 11 is 0. The van der Waals surface area contributed by atoms with Crippen molar-refractivity contribution in [2.45, 2.75) is 96.9 Å². The van der Waals surface area contributed by atoms with E-state index in [2.05, 4.69) is 19.2 Å². The van der Waals surface area contributed by atoms with Crippen molar-refractivity contribution in [1.82, 2.24) is 5.32 Å². The molecule has 1 saturated heterocycles. The van der Waals surface area contributed by atoms with E-state index in [1.807, 2.05) is 0 Å². The Morgan fingerprint density at radius 2 is 1.46 bits per heavy atom. The van der Waals surface area contributed by atoms with E-state index in [4.69, 9.17) is 0 Å². The Bertz CT molecular complexity index is 481. The highest BCUT2D eigenvalue weighted by Crippen LogP contribution is 2.62. The van der Waals surface area contributed by atoms with Crippen molar-refractivity contribution < 1.29 is 0 Å². The van der Waals surface area contributed by atoms with Crippen LogP contribution in [-0.2, 0) is 0 Å². The van der Waals surface area contributed by atoms with Gasteiger partial charge in [-0.15, -0.1) is 0 Å². The molecule has 0 aromatic carbocycles. The molecule has 0 bridgehead atoms. The molecule has 0 aromatic heterocycles. The molecule has 0 aromatic rings. The maximum Gasteiger partial charge on any atom is 0.00954 e. The SMILES string of the molecule is C[C@@H]1C2CC3C4CCCCC4CCC3C2CCC1[C@H](C)[C@H]1CCCCN1. The van der Waals surface area contributed by atoms with Crippen LogP contribution in [0.5, 0.6) is 0 Å². The summed E-state index contributed by atoms with van der Waals surface area (Å²) in [6.45, 7) is 6.55. The van der Waals surface area contributed by atoms with Crippen molar-refractivity contribution in [2.75, 3.05) is 6.54 Å². The van der Waals surface area contributed by atoms with Crippen molar-refractivity contribution >= 4 is 0 Å². The van der Waals surface area contributed by atoms with Gasteiger partial charge in [0, 0.05) is 6.04 Å². The molecule has 148 valence electrons. The van der Waals surface area contributed by atoms with Gasteiger partial charge in [0.15, 0.2) is 0 Å². The quantitative estimate of drug-likeness (QED) is 0.613. The summed E-state index contributed by atoms with van der Waals surface area (Å²) in [6, 6.07) is 0.819. The smallest absolute Gasteiger partial charge is 0.00954 e. The second kappa shape index (κ2) is 7.41. The Hall–Kier alpha value is -0.0400. The molecule has 0 amide bonds. The molecule has 1 N–H and O–H groups in total. The van der Waals surface area contributed by atoms with Gasteiger partial charge in [0.1, 0.15) is 0 Å². The Morgan fingerprint density at radius 3 is 2.31 bits per heavy atom. The molecule has 0 spiro atoms. The van der Waals surface area contributed by atoms with Crippen LogP contribution in [0.3, 0.4) is 0 Å². The van der Waals surface area contributed by atoms with Gasteiger partial charge in [0.2, 0.25) is 0 Å². The van der Waals surface area contributed by atoms with Gasteiger partial charge in [-0.25, -0.2) is 0 Å². The molecular formula is C25H43N. The molecule has 7 unspecified atom stereocenters. The maximum atomic E-state index is 3.88. The van der Waals surface area contributed by atoms with E-state index < -0.39 is 0 Å². The average molecular weight is 358 g/mol. The molecule has 26 heavy (non-hydrogen) atoms. The van der Waals surface area contributed by atoms with Crippen LogP contribution in [0.4, 0.5) is 0 Å². The van der Waals surface area contributed by atoms with E-state index in [0.717, 1.165) is 59.3 Å². The van der Waals surface area contributed by atoms with E-state index in [1.54, 1.807) is 51.4 Å². The van der Waals surface area contributed by atoms with Gasteiger partial charge in [-0.1, -0.05) is 39.5 Å². The Balaban J connectivity index is 1.29. The van der Waals surface area contributed by atoms with Crippen LogP contribution in [0.1, 0.15) is 90.9 Å². The zero-order valence-corrected chi connectivity index (χ0v) is 17.5. The zero-order chi connectivity index (χ0) is 17.7. The fraction of sp³-hybridized carbons (Fsp3) is 1.00. The van der Waals surface area contributed by atoms with Gasteiger partial charge in [-0.2, -0.15) is 0 Å². The number of hydrogen-bond donors (Lipinski definition) is 1. The molecule has 5 fully saturated rings. The molecule has 5 rings (SSSR count). The molecule has 4 saturated carbocycles. The Morgan fingerprint density at radius 1 is 0.692 bits per heavy atom. The van der Waals surface area contributed by atoms with E-state index in [9.17, 15) is 0 Å². The van der Waals surface area contributed by atoms with Crippen LogP contribution in [0.2, 0.25) is 0 Å². The van der Waals surface area contributed by atoms with Crippen LogP contribution < -0.4 is 5.32 Å². The minimum Gasteiger partial charge on any atom is -0.314 e. The fourth-order valence-corrected chi connectivity index (χ4v) is 9.15. The number of rotatable bonds is 2. The van der Waals surface area contributed by atoms with Crippen molar-refractivity contribution in [1.29, 1.82) is 0 Å². The third-order valence-corrected chi connectivity index (χ3v) is 10.4. The first-order chi connectivity index (χ1) is 12.7. The highest BCUT2D eigenvalue weighted by atomic mass is 14.9. The lowest BCUT2D eigenvalue weighted by atomic mass is 9.59. The lowest BCUT2D eigenvalue weighted by molar-refractivity contribution is 0.0356. The van der Waals surface area contributed by atoms with Crippen LogP contribution in [-0.4, -0.2) is 12.6 Å². The third-order valence-electron chi connectivity index (χ3n) is 10.4. The summed E-state index contributed by atoms with van der Waals surface area (Å²) in [7, 11) is 0. The number of fused-ring (bicyclic) bond motifs is 5. The van der Waals surface area contributed by atoms with E-state index in [-0.39, 0.29) is 0 Å². The summed E-state index contributed by atoms with van der Waals surface area (Å²) in [5.74, 6) is 9.60. The monoisotopic (exact) mass is 357 g/mol. The molecule has 4 aliphatic carbocycles. The van der Waals surface area contributed by atoms with E-state index in [1.165, 1.54) is 32.2 Å². The molecule has 1 heterocycles. The first kappa shape index (κ1) is 18.0. The summed E-state index contributed by atoms with van der Waals surface area (Å²) in [5.41, 5.74) is 0. The third kappa shape index (κ3) is 2.99. The van der Waals surface area contributed by atoms with E-state index >= 15 is 0 Å². The fourth-order valence-electron chi connectivity index (χ4n) is 9.15.